The summed E-state index contributed by atoms with van der Waals surface area (Å²) in [5.74, 6) is 6.02. The average Bonchev–Trinajstić information content (AvgIpc) is 3.00. The molecule has 0 bridgehead atoms. The number of benzene rings is 1. The lowest BCUT2D eigenvalue weighted by atomic mass is 10.2. The van der Waals surface area contributed by atoms with Gasteiger partial charge in [0.15, 0.2) is 5.76 Å². The Morgan fingerprint density at radius 2 is 2.14 bits per heavy atom. The Labute approximate surface area is 120 Å². The number of rotatable bonds is 5. The fourth-order valence-electron chi connectivity index (χ4n) is 1.64. The second kappa shape index (κ2) is 6.45. The number of carbonyl (C=O) groups excluding carboxylic acids is 1. The fraction of sp³-hybridized carbons (Fsp3) is 0.143. The van der Waals surface area contributed by atoms with E-state index in [9.17, 15) is 4.79 Å². The second-order valence-electron chi connectivity index (χ2n) is 4.04. The molecule has 0 saturated carbocycles. The minimum absolute atomic E-state index is 0.0967. The molecule has 1 heterocycles. The number of methoxy groups -OCH3 is 1. The maximum Gasteiger partial charge on any atom is 0.300 e. The van der Waals surface area contributed by atoms with Crippen LogP contribution in [0.2, 0.25) is 0 Å². The van der Waals surface area contributed by atoms with E-state index >= 15 is 0 Å². The van der Waals surface area contributed by atoms with Crippen molar-refractivity contribution in [3.63, 3.8) is 0 Å². The van der Waals surface area contributed by atoms with Crippen LogP contribution in [0.4, 0.5) is 0 Å². The van der Waals surface area contributed by atoms with Crippen molar-refractivity contribution in [3.05, 3.63) is 47.4 Å². The van der Waals surface area contributed by atoms with Crippen LogP contribution in [0, 0.1) is 11.3 Å². The van der Waals surface area contributed by atoms with Crippen LogP contribution in [0.1, 0.15) is 21.9 Å². The first-order chi connectivity index (χ1) is 10.2. The van der Waals surface area contributed by atoms with E-state index in [1.807, 2.05) is 11.5 Å². The number of nitrogen functional groups attached to an aromatic ring is 1. The van der Waals surface area contributed by atoms with Crippen molar-refractivity contribution in [1.29, 1.82) is 5.26 Å². The average molecular weight is 287 g/mol. The summed E-state index contributed by atoms with van der Waals surface area (Å²) in [5.41, 5.74) is 2.40. The number of furan rings is 1. The number of nitrogens with two attached hydrogens (primary N) is 1. The number of amides is 1. The van der Waals surface area contributed by atoms with Crippen LogP contribution >= 0.6 is 0 Å². The maximum absolute atomic E-state index is 11.2. The minimum atomic E-state index is -0.519. The predicted octanol–water partition coefficient (Wildman–Crippen LogP) is 1.34. The second-order valence-corrected chi connectivity index (χ2v) is 4.04. The SMILES string of the molecule is COc1cc(C#N)cc(OCc2ccc(C(=O)NN)o2)c1. The highest BCUT2D eigenvalue weighted by molar-refractivity contribution is 5.90. The summed E-state index contributed by atoms with van der Waals surface area (Å²) in [6.07, 6.45) is 0. The standard InChI is InChI=1S/C14H13N3O4/c1-19-11-4-9(7-15)5-12(6-11)20-8-10-2-3-13(21-10)14(18)17-16/h2-6H,8,16H2,1H3,(H,17,18). The van der Waals surface area contributed by atoms with Crippen LogP contribution < -0.4 is 20.7 Å². The van der Waals surface area contributed by atoms with E-state index in [-0.39, 0.29) is 12.4 Å². The third-order valence-corrected chi connectivity index (χ3v) is 2.64. The van der Waals surface area contributed by atoms with Crippen LogP contribution in [-0.2, 0) is 6.61 Å². The first-order valence-corrected chi connectivity index (χ1v) is 5.98. The molecular formula is C14H13N3O4. The van der Waals surface area contributed by atoms with Gasteiger partial charge in [-0.05, 0) is 24.3 Å². The molecule has 0 aliphatic carbocycles. The van der Waals surface area contributed by atoms with Crippen molar-refractivity contribution in [3.8, 4) is 17.6 Å². The quantitative estimate of drug-likeness (QED) is 0.488. The van der Waals surface area contributed by atoms with Gasteiger partial charge in [0.05, 0.1) is 18.7 Å². The number of nitrogens with one attached hydrogen (secondary N) is 1. The third kappa shape index (κ3) is 3.52. The molecule has 0 atom stereocenters. The van der Waals surface area contributed by atoms with Crippen molar-refractivity contribution in [2.24, 2.45) is 5.84 Å². The van der Waals surface area contributed by atoms with Crippen LogP contribution in [0.5, 0.6) is 11.5 Å². The van der Waals surface area contributed by atoms with Gasteiger partial charge in [0.25, 0.3) is 0 Å². The molecule has 1 aromatic heterocycles. The molecule has 108 valence electrons. The van der Waals surface area contributed by atoms with E-state index in [0.717, 1.165) is 0 Å². The molecule has 0 spiro atoms. The number of nitrogens with zero attached hydrogens (tertiary/aromatic N) is 1. The van der Waals surface area contributed by atoms with Crippen LogP contribution in [0.3, 0.4) is 0 Å². The Morgan fingerprint density at radius 3 is 2.81 bits per heavy atom. The van der Waals surface area contributed by atoms with E-state index in [0.29, 0.717) is 22.8 Å². The molecule has 0 saturated heterocycles. The van der Waals surface area contributed by atoms with Gasteiger partial charge < -0.3 is 13.9 Å². The Hall–Kier alpha value is -2.98. The van der Waals surface area contributed by atoms with E-state index < -0.39 is 5.91 Å². The van der Waals surface area contributed by atoms with Crippen molar-refractivity contribution in [2.45, 2.75) is 6.61 Å². The molecule has 0 aliphatic rings. The summed E-state index contributed by atoms with van der Waals surface area (Å²) < 4.78 is 15.9. The predicted molar refractivity (Wildman–Crippen MR) is 72.4 cm³/mol. The van der Waals surface area contributed by atoms with Gasteiger partial charge in [-0.3, -0.25) is 10.2 Å². The zero-order chi connectivity index (χ0) is 15.2. The van der Waals surface area contributed by atoms with Crippen molar-refractivity contribution < 1.29 is 18.7 Å². The maximum atomic E-state index is 11.2. The third-order valence-electron chi connectivity index (χ3n) is 2.64. The lowest BCUT2D eigenvalue weighted by Gasteiger charge is -2.07. The Bertz CT molecular complexity index is 688. The highest BCUT2D eigenvalue weighted by atomic mass is 16.5. The minimum Gasteiger partial charge on any atom is -0.497 e. The van der Waals surface area contributed by atoms with Gasteiger partial charge in [-0.15, -0.1) is 0 Å². The molecule has 1 amide bonds. The van der Waals surface area contributed by atoms with Crippen LogP contribution in [0.25, 0.3) is 0 Å². The normalized spacial score (nSPS) is 9.76. The Morgan fingerprint density at radius 1 is 1.38 bits per heavy atom. The molecule has 0 fully saturated rings. The molecule has 7 nitrogen and oxygen atoms in total. The van der Waals surface area contributed by atoms with Gasteiger partial charge in [0.2, 0.25) is 0 Å². The first-order valence-electron chi connectivity index (χ1n) is 5.98. The molecule has 2 aromatic rings. The lowest BCUT2D eigenvalue weighted by Crippen LogP contribution is -2.29. The molecule has 0 unspecified atom stereocenters. The van der Waals surface area contributed by atoms with E-state index in [1.165, 1.54) is 13.2 Å². The van der Waals surface area contributed by atoms with Gasteiger partial charge in [0.1, 0.15) is 23.9 Å². The van der Waals surface area contributed by atoms with E-state index in [4.69, 9.17) is 25.0 Å². The molecule has 0 radical (unpaired) electrons. The fourth-order valence-corrected chi connectivity index (χ4v) is 1.64. The first kappa shape index (κ1) is 14.4. The summed E-state index contributed by atoms with van der Waals surface area (Å²) in [4.78, 5) is 11.2. The number of hydrogen-bond acceptors (Lipinski definition) is 6. The number of carbonyl (C=O) groups is 1. The van der Waals surface area contributed by atoms with Gasteiger partial charge >= 0.3 is 5.91 Å². The van der Waals surface area contributed by atoms with Crippen LogP contribution in [0.15, 0.2) is 34.7 Å². The summed E-state index contributed by atoms with van der Waals surface area (Å²) in [6, 6.07) is 9.95. The highest BCUT2D eigenvalue weighted by Gasteiger charge is 2.10. The van der Waals surface area contributed by atoms with Crippen LogP contribution in [-0.4, -0.2) is 13.0 Å². The summed E-state index contributed by atoms with van der Waals surface area (Å²) in [5, 5.41) is 8.92. The van der Waals surface area contributed by atoms with Crippen molar-refractivity contribution >= 4 is 5.91 Å². The number of nitriles is 1. The smallest absolute Gasteiger partial charge is 0.300 e. The molecule has 7 heteroatoms. The Balaban J connectivity index is 2.08. The van der Waals surface area contributed by atoms with Gasteiger partial charge in [0, 0.05) is 6.07 Å². The molecule has 0 aliphatic heterocycles. The largest absolute Gasteiger partial charge is 0.497 e. The topological polar surface area (TPSA) is 111 Å². The monoisotopic (exact) mass is 287 g/mol. The highest BCUT2D eigenvalue weighted by Crippen LogP contribution is 2.23. The van der Waals surface area contributed by atoms with Gasteiger partial charge in [-0.25, -0.2) is 5.84 Å². The molecule has 2 rings (SSSR count). The lowest BCUT2D eigenvalue weighted by molar-refractivity contribution is 0.0922. The van der Waals surface area contributed by atoms with Gasteiger partial charge in [-0.1, -0.05) is 0 Å². The summed E-state index contributed by atoms with van der Waals surface area (Å²) >= 11 is 0. The van der Waals surface area contributed by atoms with E-state index in [1.54, 1.807) is 24.3 Å². The number of hydrazine groups is 1. The molecule has 21 heavy (non-hydrogen) atoms. The van der Waals surface area contributed by atoms with Crippen molar-refractivity contribution in [2.75, 3.05) is 7.11 Å². The molecular weight excluding hydrogens is 274 g/mol. The number of ether oxygens (including phenoxy) is 2. The van der Waals surface area contributed by atoms with Crippen molar-refractivity contribution in [1.82, 2.24) is 5.43 Å². The molecule has 1 aromatic carbocycles. The van der Waals surface area contributed by atoms with Gasteiger partial charge in [-0.2, -0.15) is 5.26 Å². The zero-order valence-corrected chi connectivity index (χ0v) is 11.3. The summed E-state index contributed by atoms with van der Waals surface area (Å²) in [6.45, 7) is 0.107. The Kier molecular flexibility index (Phi) is 4.43. The zero-order valence-electron chi connectivity index (χ0n) is 11.3. The number of hydrogen-bond donors (Lipinski definition) is 2. The van der Waals surface area contributed by atoms with E-state index in [2.05, 4.69) is 0 Å². The summed E-state index contributed by atoms with van der Waals surface area (Å²) in [7, 11) is 1.50. The molecule has 3 N–H and O–H groups in total.